The molecule has 0 radical (unpaired) electrons. The number of halogens is 2. The highest BCUT2D eigenvalue weighted by molar-refractivity contribution is 6.33. The molecule has 2 aliphatic heterocycles. The number of carbonyl (C=O) groups is 3. The Kier molecular flexibility index (Phi) is 5.83. The number of benzene rings is 2. The summed E-state index contributed by atoms with van der Waals surface area (Å²) in [5, 5.41) is 5.61. The fourth-order valence-electron chi connectivity index (χ4n) is 4.35. The van der Waals surface area contributed by atoms with E-state index in [1.807, 2.05) is 24.3 Å². The Bertz CT molecular complexity index is 1310. The molecule has 1 atom stereocenters. The van der Waals surface area contributed by atoms with E-state index in [9.17, 15) is 18.8 Å². The highest BCUT2D eigenvalue weighted by atomic mass is 35.5. The van der Waals surface area contributed by atoms with Gasteiger partial charge in [-0.15, -0.1) is 0 Å². The molecule has 3 heterocycles. The average Bonchev–Trinajstić information content (AvgIpc) is 3.40. The van der Waals surface area contributed by atoms with Gasteiger partial charge in [-0.2, -0.15) is 0 Å². The standard InChI is InChI=1S/C25H20ClFN4O3/c26-16-2-1-3-17(27)21(16)23-30-18(22-19(31-23)12-29-25(22)34)10-13-4-6-14(7-5-13)11-20(32)15-8-9-28-24(15)33/h1-7,15H,8-12H2,(H,28,33)(H,29,34). The zero-order chi connectivity index (χ0) is 23.8. The molecule has 34 heavy (non-hydrogen) atoms. The van der Waals surface area contributed by atoms with Gasteiger partial charge in [-0.25, -0.2) is 14.4 Å². The van der Waals surface area contributed by atoms with Crippen molar-refractivity contribution in [2.24, 2.45) is 5.92 Å². The Morgan fingerprint density at radius 1 is 1.03 bits per heavy atom. The number of hydrogen-bond donors (Lipinski definition) is 2. The van der Waals surface area contributed by atoms with Crippen molar-refractivity contribution in [3.8, 4) is 11.4 Å². The van der Waals surface area contributed by atoms with Gasteiger partial charge in [-0.1, -0.05) is 41.9 Å². The number of Topliss-reactive ketones (excluding diaryl/α,β-unsaturated/α-hetero) is 1. The first kappa shape index (κ1) is 22.2. The van der Waals surface area contributed by atoms with Crippen LogP contribution < -0.4 is 10.6 Å². The molecule has 2 aromatic carbocycles. The molecule has 0 aliphatic carbocycles. The van der Waals surface area contributed by atoms with Gasteiger partial charge in [-0.05, 0) is 29.7 Å². The number of aromatic nitrogens is 2. The summed E-state index contributed by atoms with van der Waals surface area (Å²) in [6.45, 7) is 0.768. The van der Waals surface area contributed by atoms with E-state index in [0.717, 1.165) is 11.1 Å². The van der Waals surface area contributed by atoms with Crippen LogP contribution in [0.25, 0.3) is 11.4 Å². The summed E-state index contributed by atoms with van der Waals surface area (Å²) in [6, 6.07) is 11.7. The smallest absolute Gasteiger partial charge is 0.255 e. The van der Waals surface area contributed by atoms with E-state index in [4.69, 9.17) is 11.6 Å². The quantitative estimate of drug-likeness (QED) is 0.530. The van der Waals surface area contributed by atoms with Crippen LogP contribution in [0.15, 0.2) is 42.5 Å². The van der Waals surface area contributed by atoms with Crippen molar-refractivity contribution in [3.63, 3.8) is 0 Å². The molecule has 3 aromatic rings. The number of nitrogens with zero attached hydrogens (tertiary/aromatic N) is 2. The average molecular weight is 479 g/mol. The van der Waals surface area contributed by atoms with Crippen molar-refractivity contribution in [2.75, 3.05) is 6.54 Å². The lowest BCUT2D eigenvalue weighted by atomic mass is 9.95. The molecular weight excluding hydrogens is 459 g/mol. The molecule has 0 spiro atoms. The van der Waals surface area contributed by atoms with E-state index in [0.29, 0.717) is 36.3 Å². The molecule has 1 fully saturated rings. The summed E-state index contributed by atoms with van der Waals surface area (Å²) in [4.78, 5) is 45.5. The van der Waals surface area contributed by atoms with Gasteiger partial charge < -0.3 is 10.6 Å². The number of nitrogens with one attached hydrogen (secondary N) is 2. The highest BCUT2D eigenvalue weighted by Crippen LogP contribution is 2.31. The third kappa shape index (κ3) is 4.17. The Labute approximate surface area is 199 Å². The predicted octanol–water partition coefficient (Wildman–Crippen LogP) is 3.02. The van der Waals surface area contributed by atoms with Crippen LogP contribution in [0.1, 0.15) is 39.3 Å². The van der Waals surface area contributed by atoms with Crippen LogP contribution in [0.2, 0.25) is 5.02 Å². The van der Waals surface area contributed by atoms with Crippen molar-refractivity contribution in [3.05, 3.63) is 81.4 Å². The van der Waals surface area contributed by atoms with Crippen molar-refractivity contribution in [1.82, 2.24) is 20.6 Å². The van der Waals surface area contributed by atoms with Crippen LogP contribution in [-0.4, -0.2) is 34.1 Å². The third-order valence-corrected chi connectivity index (χ3v) is 6.41. The summed E-state index contributed by atoms with van der Waals surface area (Å²) in [6.07, 6.45) is 1.03. The lowest BCUT2D eigenvalue weighted by molar-refractivity contribution is -0.131. The summed E-state index contributed by atoms with van der Waals surface area (Å²) in [7, 11) is 0. The number of amides is 2. The van der Waals surface area contributed by atoms with Gasteiger partial charge in [0.1, 0.15) is 11.6 Å². The minimum Gasteiger partial charge on any atom is -0.355 e. The molecule has 5 rings (SSSR count). The van der Waals surface area contributed by atoms with Crippen LogP contribution in [0.5, 0.6) is 0 Å². The van der Waals surface area contributed by atoms with Crippen LogP contribution in [0.4, 0.5) is 4.39 Å². The van der Waals surface area contributed by atoms with E-state index in [-0.39, 0.29) is 47.0 Å². The highest BCUT2D eigenvalue weighted by Gasteiger charge is 2.31. The Hall–Kier alpha value is -3.65. The van der Waals surface area contributed by atoms with E-state index in [1.54, 1.807) is 6.07 Å². The third-order valence-electron chi connectivity index (χ3n) is 6.10. The first-order chi connectivity index (χ1) is 16.4. The second-order valence-corrected chi connectivity index (χ2v) is 8.77. The number of fused-ring (bicyclic) bond motifs is 1. The fraction of sp³-hybridized carbons (Fsp3) is 0.240. The van der Waals surface area contributed by atoms with Gasteiger partial charge in [-0.3, -0.25) is 14.4 Å². The molecule has 172 valence electrons. The monoisotopic (exact) mass is 478 g/mol. The van der Waals surface area contributed by atoms with Crippen LogP contribution >= 0.6 is 11.6 Å². The predicted molar refractivity (Wildman–Crippen MR) is 123 cm³/mol. The lowest BCUT2D eigenvalue weighted by Crippen LogP contribution is -2.26. The Balaban J connectivity index is 1.42. The second kappa shape index (κ2) is 8.95. The summed E-state index contributed by atoms with van der Waals surface area (Å²) in [5.74, 6) is -1.56. The maximum atomic E-state index is 14.5. The van der Waals surface area contributed by atoms with Gasteiger partial charge in [0, 0.05) is 19.4 Å². The van der Waals surface area contributed by atoms with Gasteiger partial charge in [0.2, 0.25) is 5.91 Å². The van der Waals surface area contributed by atoms with Gasteiger partial charge in [0.25, 0.3) is 5.91 Å². The Morgan fingerprint density at radius 2 is 1.79 bits per heavy atom. The van der Waals surface area contributed by atoms with E-state index < -0.39 is 11.7 Å². The molecule has 0 bridgehead atoms. The van der Waals surface area contributed by atoms with Crippen molar-refractivity contribution in [2.45, 2.75) is 25.8 Å². The topological polar surface area (TPSA) is 101 Å². The molecule has 1 aromatic heterocycles. The van der Waals surface area contributed by atoms with Crippen LogP contribution in [-0.2, 0) is 29.0 Å². The number of carbonyl (C=O) groups excluding carboxylic acids is 3. The molecule has 9 heteroatoms. The minimum atomic E-state index is -0.578. The first-order valence-electron chi connectivity index (χ1n) is 10.9. The molecule has 2 N–H and O–H groups in total. The normalized spacial score (nSPS) is 16.8. The Morgan fingerprint density at radius 3 is 2.50 bits per heavy atom. The summed E-state index contributed by atoms with van der Waals surface area (Å²) >= 11 is 6.22. The zero-order valence-electron chi connectivity index (χ0n) is 18.0. The summed E-state index contributed by atoms with van der Waals surface area (Å²) < 4.78 is 14.5. The lowest BCUT2D eigenvalue weighted by Gasteiger charge is -2.11. The molecule has 1 saturated heterocycles. The van der Waals surface area contributed by atoms with E-state index in [1.165, 1.54) is 12.1 Å². The number of ketones is 1. The molecule has 1 unspecified atom stereocenters. The maximum Gasteiger partial charge on any atom is 0.255 e. The molecule has 7 nitrogen and oxygen atoms in total. The maximum absolute atomic E-state index is 14.5. The summed E-state index contributed by atoms with van der Waals surface area (Å²) in [5.41, 5.74) is 3.13. The zero-order valence-corrected chi connectivity index (χ0v) is 18.8. The molecule has 2 amide bonds. The molecule has 0 saturated carbocycles. The fourth-order valence-corrected chi connectivity index (χ4v) is 4.59. The van der Waals surface area contributed by atoms with Gasteiger partial charge >= 0.3 is 0 Å². The van der Waals surface area contributed by atoms with Gasteiger partial charge in [0.05, 0.1) is 40.0 Å². The number of hydrogen-bond acceptors (Lipinski definition) is 5. The van der Waals surface area contributed by atoms with E-state index in [2.05, 4.69) is 20.6 Å². The number of rotatable bonds is 6. The second-order valence-electron chi connectivity index (χ2n) is 8.36. The largest absolute Gasteiger partial charge is 0.355 e. The SMILES string of the molecule is O=C1NCc2nc(-c3c(F)cccc3Cl)nc(Cc3ccc(CC(=O)C4CCNC4=O)cc3)c21. The van der Waals surface area contributed by atoms with Crippen LogP contribution in [0.3, 0.4) is 0 Å². The molecular formula is C25H20ClFN4O3. The van der Waals surface area contributed by atoms with E-state index >= 15 is 0 Å². The van der Waals surface area contributed by atoms with Crippen LogP contribution in [0, 0.1) is 11.7 Å². The van der Waals surface area contributed by atoms with Crippen molar-refractivity contribution < 1.29 is 18.8 Å². The van der Waals surface area contributed by atoms with Crippen molar-refractivity contribution in [1.29, 1.82) is 0 Å². The van der Waals surface area contributed by atoms with Crippen molar-refractivity contribution >= 4 is 29.2 Å². The first-order valence-corrected chi connectivity index (χ1v) is 11.3. The minimum absolute atomic E-state index is 0.0948. The van der Waals surface area contributed by atoms with Gasteiger partial charge in [0.15, 0.2) is 5.82 Å². The molecule has 2 aliphatic rings.